The number of fused-ring (bicyclic) bond motifs is 1. The first-order chi connectivity index (χ1) is 15.9. The quantitative estimate of drug-likeness (QED) is 0.379. The third kappa shape index (κ3) is 5.66. The summed E-state index contributed by atoms with van der Waals surface area (Å²) < 4.78 is 27.5. The van der Waals surface area contributed by atoms with E-state index in [1.165, 1.54) is 18.2 Å². The molecule has 2 aromatic rings. The van der Waals surface area contributed by atoms with Crippen LogP contribution in [0.25, 0.3) is 0 Å². The van der Waals surface area contributed by atoms with Crippen molar-refractivity contribution in [2.24, 2.45) is 0 Å². The highest BCUT2D eigenvalue weighted by Gasteiger charge is 2.32. The van der Waals surface area contributed by atoms with Gasteiger partial charge in [-0.1, -0.05) is 46.3 Å². The Morgan fingerprint density at radius 3 is 2.59 bits per heavy atom. The van der Waals surface area contributed by atoms with Crippen molar-refractivity contribution in [2.75, 3.05) is 0 Å². The van der Waals surface area contributed by atoms with Gasteiger partial charge in [0.2, 0.25) is 5.91 Å². The van der Waals surface area contributed by atoms with Crippen molar-refractivity contribution in [3.8, 4) is 0 Å². The van der Waals surface area contributed by atoms with Crippen molar-refractivity contribution >= 4 is 66.7 Å². The first kappa shape index (κ1) is 25.9. The molecule has 1 aliphatic heterocycles. The van der Waals surface area contributed by atoms with Crippen LogP contribution in [0.4, 0.5) is 4.79 Å². The number of allylic oxidation sites excluding steroid dienone is 3. The lowest BCUT2D eigenvalue weighted by Crippen LogP contribution is -2.41. The van der Waals surface area contributed by atoms with Gasteiger partial charge in [0.05, 0.1) is 10.8 Å². The number of urea groups is 1. The zero-order chi connectivity index (χ0) is 25.2. The molecule has 12 heteroatoms. The van der Waals surface area contributed by atoms with Gasteiger partial charge in [-0.05, 0) is 55.3 Å². The summed E-state index contributed by atoms with van der Waals surface area (Å²) >= 11 is 10.1. The van der Waals surface area contributed by atoms with Crippen molar-refractivity contribution in [2.45, 2.75) is 24.5 Å². The predicted molar refractivity (Wildman–Crippen MR) is 134 cm³/mol. The molecule has 0 atom stereocenters. The first-order valence-electron chi connectivity index (χ1n) is 9.71. The van der Waals surface area contributed by atoms with Gasteiger partial charge >= 0.3 is 6.03 Å². The summed E-state index contributed by atoms with van der Waals surface area (Å²) in [6.07, 6.45) is 4.41. The lowest BCUT2D eigenvalue weighted by atomic mass is 9.98. The first-order valence-corrected chi connectivity index (χ1v) is 13.2. The molecule has 0 unspecified atom stereocenters. The molecule has 1 aliphatic rings. The summed E-state index contributed by atoms with van der Waals surface area (Å²) in [6, 6.07) is 5.48. The van der Waals surface area contributed by atoms with E-state index in [1.54, 1.807) is 38.1 Å². The molecule has 2 N–H and O–H groups in total. The maximum Gasteiger partial charge on any atom is 0.333 e. The van der Waals surface area contributed by atoms with Crippen LogP contribution in [0.5, 0.6) is 0 Å². The summed E-state index contributed by atoms with van der Waals surface area (Å²) in [5, 5.41) is 2.29. The maximum absolute atomic E-state index is 13.0. The van der Waals surface area contributed by atoms with Gasteiger partial charge < -0.3 is 5.32 Å². The van der Waals surface area contributed by atoms with E-state index in [0.717, 1.165) is 16.2 Å². The van der Waals surface area contributed by atoms with Crippen LogP contribution in [-0.2, 0) is 21.2 Å². The fourth-order valence-electron chi connectivity index (χ4n) is 3.07. The third-order valence-electron chi connectivity index (χ3n) is 4.71. The zero-order valence-corrected chi connectivity index (χ0v) is 22.0. The van der Waals surface area contributed by atoms with Gasteiger partial charge in [-0.3, -0.25) is 9.59 Å². The number of amides is 4. The Hall–Kier alpha value is -2.73. The van der Waals surface area contributed by atoms with E-state index < -0.39 is 27.9 Å². The van der Waals surface area contributed by atoms with Crippen LogP contribution in [0.2, 0.25) is 4.34 Å². The number of thiophene rings is 1. The second kappa shape index (κ2) is 10.3. The number of nitrogens with one attached hydrogen (secondary N) is 2. The fraction of sp³-hybridized carbons (Fsp3) is 0.136. The molecule has 1 aromatic heterocycles. The highest BCUT2D eigenvalue weighted by Crippen LogP contribution is 2.30. The number of nitrogens with zero attached hydrogens (tertiary/aromatic N) is 1. The average molecular weight is 585 g/mol. The number of sulfonamides is 1. The number of hydrogen-bond acceptors (Lipinski definition) is 6. The molecule has 0 saturated heterocycles. The molecule has 0 fully saturated rings. The molecular weight excluding hydrogens is 566 g/mol. The van der Waals surface area contributed by atoms with E-state index >= 15 is 0 Å². The molecule has 0 saturated carbocycles. The van der Waals surface area contributed by atoms with Gasteiger partial charge in [0, 0.05) is 21.4 Å². The number of halogens is 2. The summed E-state index contributed by atoms with van der Waals surface area (Å²) in [5.74, 6) is -0.873. The van der Waals surface area contributed by atoms with Gasteiger partial charge in [-0.15, -0.1) is 11.3 Å². The summed E-state index contributed by atoms with van der Waals surface area (Å²) in [7, 11) is -4.11. The summed E-state index contributed by atoms with van der Waals surface area (Å²) in [5.41, 5.74) is 1.94. The van der Waals surface area contributed by atoms with Gasteiger partial charge in [0.1, 0.15) is 4.21 Å². The Kier molecular flexibility index (Phi) is 7.81. The molecule has 0 spiro atoms. The minimum atomic E-state index is -4.11. The van der Waals surface area contributed by atoms with E-state index in [0.29, 0.717) is 25.5 Å². The van der Waals surface area contributed by atoms with E-state index in [2.05, 4.69) is 27.8 Å². The van der Waals surface area contributed by atoms with Crippen LogP contribution in [0.3, 0.4) is 0 Å². The maximum atomic E-state index is 13.0. The van der Waals surface area contributed by atoms with Gasteiger partial charge in [-0.2, -0.15) is 0 Å². The van der Waals surface area contributed by atoms with Gasteiger partial charge in [0.25, 0.3) is 15.9 Å². The Morgan fingerprint density at radius 2 is 1.97 bits per heavy atom. The molecular formula is C22H19BrClN3O5S2. The molecule has 1 aromatic carbocycles. The average Bonchev–Trinajstić information content (AvgIpc) is 3.10. The van der Waals surface area contributed by atoms with Crippen molar-refractivity contribution in [3.05, 3.63) is 86.0 Å². The number of carbonyl (C=O) groups is 3. The number of benzene rings is 1. The monoisotopic (exact) mass is 583 g/mol. The Balaban J connectivity index is 1.69. The van der Waals surface area contributed by atoms with Crippen LogP contribution in [-0.4, -0.2) is 31.2 Å². The molecule has 178 valence electrons. The second-order valence-electron chi connectivity index (χ2n) is 7.17. The van der Waals surface area contributed by atoms with Crippen LogP contribution in [0.1, 0.15) is 28.4 Å². The summed E-state index contributed by atoms with van der Waals surface area (Å²) in [6.45, 7) is 6.96. The molecule has 0 bridgehead atoms. The number of rotatable bonds is 6. The lowest BCUT2D eigenvalue weighted by Gasteiger charge is -2.27. The van der Waals surface area contributed by atoms with Gasteiger partial charge in [0.15, 0.2) is 0 Å². The van der Waals surface area contributed by atoms with Crippen LogP contribution in [0.15, 0.2) is 69.1 Å². The highest BCUT2D eigenvalue weighted by atomic mass is 79.9. The van der Waals surface area contributed by atoms with Crippen LogP contribution in [0, 0.1) is 6.92 Å². The number of carbonyl (C=O) groups excluding carboxylic acids is 3. The predicted octanol–water partition coefficient (Wildman–Crippen LogP) is 4.66. The molecule has 0 radical (unpaired) electrons. The molecule has 2 heterocycles. The lowest BCUT2D eigenvalue weighted by molar-refractivity contribution is -0.126. The smallest absolute Gasteiger partial charge is 0.308 e. The standard InChI is InChI=1S/C22H19BrClN3O5S2/c1-4-16(27-18(28)10-14-6-7-15(23)11-17(14)21(27)29)8-5-13(3)25-22(30)26-34(31,32)19-9-12(2)20(24)33-19/h4-9,11H,3,10H2,1-2H3,(H2,25,26,30)/b8-5-,16-4+. The third-order valence-corrected chi connectivity index (χ3v) is 8.56. The van der Waals surface area contributed by atoms with E-state index in [9.17, 15) is 22.8 Å². The van der Waals surface area contributed by atoms with Crippen molar-refractivity contribution in [1.82, 2.24) is 14.9 Å². The zero-order valence-electron chi connectivity index (χ0n) is 18.0. The SMILES string of the molecule is C=C(/C=C\C(=C/C)N1C(=O)Cc2ccc(Br)cc2C1=O)NC(=O)NS(=O)(=O)c1cc(C)c(Cl)s1. The number of aryl methyl sites for hydroxylation is 1. The number of hydrogen-bond donors (Lipinski definition) is 2. The Labute approximate surface area is 214 Å². The minimum absolute atomic E-state index is 0.0347. The number of imide groups is 1. The second-order valence-corrected chi connectivity index (χ2v) is 11.6. The topological polar surface area (TPSA) is 113 Å². The van der Waals surface area contributed by atoms with E-state index in [1.807, 2.05) is 4.72 Å². The van der Waals surface area contributed by atoms with Crippen molar-refractivity contribution in [3.63, 3.8) is 0 Å². The summed E-state index contributed by atoms with van der Waals surface area (Å²) in [4.78, 5) is 38.8. The molecule has 34 heavy (non-hydrogen) atoms. The van der Waals surface area contributed by atoms with Crippen LogP contribution >= 0.6 is 38.9 Å². The normalized spacial score (nSPS) is 14.4. The molecule has 0 aliphatic carbocycles. The molecule has 3 rings (SSSR count). The van der Waals surface area contributed by atoms with Gasteiger partial charge in [-0.25, -0.2) is 22.8 Å². The molecule has 4 amide bonds. The Bertz CT molecular complexity index is 1360. The van der Waals surface area contributed by atoms with E-state index in [4.69, 9.17) is 11.6 Å². The van der Waals surface area contributed by atoms with Crippen molar-refractivity contribution in [1.29, 1.82) is 0 Å². The van der Waals surface area contributed by atoms with Crippen molar-refractivity contribution < 1.29 is 22.8 Å². The largest absolute Gasteiger partial charge is 0.333 e. The molecule has 8 nitrogen and oxygen atoms in total. The van der Waals surface area contributed by atoms with E-state index in [-0.39, 0.29) is 22.0 Å². The Morgan fingerprint density at radius 1 is 1.26 bits per heavy atom. The highest BCUT2D eigenvalue weighted by molar-refractivity contribution is 9.10. The minimum Gasteiger partial charge on any atom is -0.308 e. The fourth-order valence-corrected chi connectivity index (χ4v) is 6.05. The van der Waals surface area contributed by atoms with Crippen LogP contribution < -0.4 is 10.0 Å².